The Hall–Kier alpha value is -2.16. The van der Waals surface area contributed by atoms with E-state index in [0.29, 0.717) is 4.88 Å². The maximum Gasteiger partial charge on any atom is 0.283 e. The Balaban J connectivity index is 2.13. The van der Waals surface area contributed by atoms with Gasteiger partial charge in [-0.1, -0.05) is 29.3 Å². The van der Waals surface area contributed by atoms with E-state index in [9.17, 15) is 19.7 Å². The maximum absolute atomic E-state index is 12.6. The summed E-state index contributed by atoms with van der Waals surface area (Å²) in [6.45, 7) is 3.30. The van der Waals surface area contributed by atoms with Gasteiger partial charge in [-0.05, 0) is 26.0 Å². The number of benzene rings is 1. The van der Waals surface area contributed by atoms with Gasteiger partial charge in [0.15, 0.2) is 0 Å². The molecule has 7 nitrogen and oxygen atoms in total. The number of para-hydroxylation sites is 1. The first-order valence-electron chi connectivity index (χ1n) is 7.52. The van der Waals surface area contributed by atoms with Crippen LogP contribution in [0.25, 0.3) is 0 Å². The van der Waals surface area contributed by atoms with Crippen molar-refractivity contribution < 1.29 is 14.5 Å². The molecule has 138 valence electrons. The summed E-state index contributed by atoms with van der Waals surface area (Å²) in [5.74, 6) is -0.924. The highest BCUT2D eigenvalue weighted by Crippen LogP contribution is 2.30. The number of rotatable bonds is 6. The summed E-state index contributed by atoms with van der Waals surface area (Å²) in [5, 5.41) is 14.1. The van der Waals surface area contributed by atoms with E-state index in [1.54, 1.807) is 32.0 Å². The van der Waals surface area contributed by atoms with Crippen molar-refractivity contribution >= 4 is 57.7 Å². The number of carbonyl (C=O) groups is 2. The molecule has 0 aliphatic heterocycles. The number of aryl methyl sites for hydroxylation is 1. The van der Waals surface area contributed by atoms with Crippen molar-refractivity contribution in [3.63, 3.8) is 0 Å². The number of hydrogen-bond acceptors (Lipinski definition) is 5. The van der Waals surface area contributed by atoms with E-state index in [1.165, 1.54) is 11.0 Å². The molecule has 0 bridgehead atoms. The summed E-state index contributed by atoms with van der Waals surface area (Å²) in [7, 11) is 0. The molecule has 2 aromatic rings. The molecule has 0 fully saturated rings. The standard InChI is InChI=1S/C16H15Cl2N3O4S/c1-3-20(16(23)13-7-12(21(24)25)9(2)26-13)8-14(22)19-15-10(17)5-4-6-11(15)18/h4-7H,3,8H2,1-2H3,(H,19,22). The van der Waals surface area contributed by atoms with Gasteiger partial charge in [-0.25, -0.2) is 0 Å². The number of hydrogen-bond donors (Lipinski definition) is 1. The Morgan fingerprint density at radius 3 is 2.42 bits per heavy atom. The molecule has 1 aromatic carbocycles. The number of nitro groups is 1. The second-order valence-corrected chi connectivity index (χ2v) is 7.34. The number of halogens is 2. The predicted octanol–water partition coefficient (Wildman–Crippen LogP) is 4.37. The summed E-state index contributed by atoms with van der Waals surface area (Å²) >= 11 is 13.0. The third-order valence-electron chi connectivity index (χ3n) is 3.53. The van der Waals surface area contributed by atoms with E-state index in [1.807, 2.05) is 0 Å². The van der Waals surface area contributed by atoms with Gasteiger partial charge in [0.25, 0.3) is 11.6 Å². The van der Waals surface area contributed by atoms with Gasteiger partial charge in [0.2, 0.25) is 5.91 Å². The summed E-state index contributed by atoms with van der Waals surface area (Å²) in [5.41, 5.74) is 0.161. The molecule has 26 heavy (non-hydrogen) atoms. The van der Waals surface area contributed by atoms with Crippen molar-refractivity contribution in [2.24, 2.45) is 0 Å². The molecule has 0 unspecified atom stereocenters. The Bertz CT molecular complexity index is 849. The van der Waals surface area contributed by atoms with Crippen molar-refractivity contribution in [3.8, 4) is 0 Å². The van der Waals surface area contributed by atoms with Crippen LogP contribution >= 0.6 is 34.5 Å². The number of carbonyl (C=O) groups excluding carboxylic acids is 2. The molecule has 0 saturated heterocycles. The largest absolute Gasteiger partial charge is 0.329 e. The van der Waals surface area contributed by atoms with E-state index in [2.05, 4.69) is 5.32 Å². The van der Waals surface area contributed by atoms with Gasteiger partial charge >= 0.3 is 0 Å². The summed E-state index contributed by atoms with van der Waals surface area (Å²) in [6, 6.07) is 6.04. The lowest BCUT2D eigenvalue weighted by Crippen LogP contribution is -2.37. The third kappa shape index (κ3) is 4.51. The zero-order valence-corrected chi connectivity index (χ0v) is 16.2. The van der Waals surface area contributed by atoms with E-state index in [4.69, 9.17) is 23.2 Å². The van der Waals surface area contributed by atoms with Gasteiger partial charge in [0.05, 0.1) is 30.4 Å². The lowest BCUT2D eigenvalue weighted by Gasteiger charge is -2.20. The van der Waals surface area contributed by atoms with E-state index in [0.717, 1.165) is 11.3 Å². The number of amides is 2. The van der Waals surface area contributed by atoms with Crippen molar-refractivity contribution in [3.05, 3.63) is 54.2 Å². The minimum atomic E-state index is -0.537. The SMILES string of the molecule is CCN(CC(=O)Nc1c(Cl)cccc1Cl)C(=O)c1cc([N+](=O)[O-])c(C)s1. The summed E-state index contributed by atoms with van der Waals surface area (Å²) in [4.78, 5) is 37.2. The number of likely N-dealkylation sites (N-methyl/N-ethyl adjacent to an activating group) is 1. The molecule has 1 N–H and O–H groups in total. The third-order valence-corrected chi connectivity index (χ3v) is 5.19. The molecule has 0 atom stereocenters. The zero-order valence-electron chi connectivity index (χ0n) is 13.9. The van der Waals surface area contributed by atoms with Crippen LogP contribution in [0.15, 0.2) is 24.3 Å². The molecule has 0 radical (unpaired) electrons. The van der Waals surface area contributed by atoms with Crippen LogP contribution in [0.5, 0.6) is 0 Å². The zero-order chi connectivity index (χ0) is 19.4. The maximum atomic E-state index is 12.6. The highest BCUT2D eigenvalue weighted by atomic mass is 35.5. The number of nitrogens with zero attached hydrogens (tertiary/aromatic N) is 2. The fourth-order valence-electron chi connectivity index (χ4n) is 2.21. The molecule has 10 heteroatoms. The van der Waals surface area contributed by atoms with Crippen LogP contribution in [0.1, 0.15) is 21.5 Å². The van der Waals surface area contributed by atoms with Crippen LogP contribution < -0.4 is 5.32 Å². The lowest BCUT2D eigenvalue weighted by molar-refractivity contribution is -0.385. The molecule has 1 heterocycles. The van der Waals surface area contributed by atoms with E-state index < -0.39 is 16.7 Å². The topological polar surface area (TPSA) is 92.6 Å². The second-order valence-electron chi connectivity index (χ2n) is 5.27. The van der Waals surface area contributed by atoms with Gasteiger partial charge in [-0.3, -0.25) is 19.7 Å². The summed E-state index contributed by atoms with van der Waals surface area (Å²) < 4.78 is 0. The first-order valence-corrected chi connectivity index (χ1v) is 9.09. The van der Waals surface area contributed by atoms with Gasteiger partial charge in [0, 0.05) is 12.6 Å². The van der Waals surface area contributed by atoms with Crippen LogP contribution in [0.3, 0.4) is 0 Å². The molecule has 2 rings (SSSR count). The molecule has 1 aromatic heterocycles. The molecule has 0 saturated carbocycles. The Morgan fingerprint density at radius 2 is 1.92 bits per heavy atom. The number of anilines is 1. The summed E-state index contributed by atoms with van der Waals surface area (Å²) in [6.07, 6.45) is 0. The molecule has 0 aliphatic carbocycles. The fourth-order valence-corrected chi connectivity index (χ4v) is 3.66. The number of thiophene rings is 1. The minimum absolute atomic E-state index is 0.110. The van der Waals surface area contributed by atoms with Gasteiger partial charge in [-0.15, -0.1) is 11.3 Å². The van der Waals surface area contributed by atoms with Crippen LogP contribution in [0, 0.1) is 17.0 Å². The lowest BCUT2D eigenvalue weighted by atomic mass is 10.3. The average molecular weight is 416 g/mol. The smallest absolute Gasteiger partial charge is 0.283 e. The van der Waals surface area contributed by atoms with Crippen molar-refractivity contribution in [2.45, 2.75) is 13.8 Å². The van der Waals surface area contributed by atoms with Crippen LogP contribution in [0.4, 0.5) is 11.4 Å². The quantitative estimate of drug-likeness (QED) is 0.559. The van der Waals surface area contributed by atoms with Crippen LogP contribution in [-0.2, 0) is 4.79 Å². The first kappa shape index (κ1) is 20.2. The molecule has 2 amide bonds. The molecular weight excluding hydrogens is 401 g/mol. The first-order chi connectivity index (χ1) is 12.2. The molecule has 0 spiro atoms. The van der Waals surface area contributed by atoms with E-state index >= 15 is 0 Å². The van der Waals surface area contributed by atoms with E-state index in [-0.39, 0.29) is 39.4 Å². The normalized spacial score (nSPS) is 10.5. The van der Waals surface area contributed by atoms with Gasteiger partial charge in [0.1, 0.15) is 6.54 Å². The Labute approximate surface area is 163 Å². The van der Waals surface area contributed by atoms with Crippen molar-refractivity contribution in [1.29, 1.82) is 0 Å². The highest BCUT2D eigenvalue weighted by Gasteiger charge is 2.24. The average Bonchev–Trinajstić information content (AvgIpc) is 2.97. The number of nitrogens with one attached hydrogen (secondary N) is 1. The Kier molecular flexibility index (Phi) is 6.57. The predicted molar refractivity (Wildman–Crippen MR) is 102 cm³/mol. The minimum Gasteiger partial charge on any atom is -0.329 e. The molecule has 0 aliphatic rings. The second kappa shape index (κ2) is 8.48. The van der Waals surface area contributed by atoms with Crippen molar-refractivity contribution in [1.82, 2.24) is 4.90 Å². The van der Waals surface area contributed by atoms with Gasteiger partial charge < -0.3 is 10.2 Å². The van der Waals surface area contributed by atoms with Crippen LogP contribution in [-0.4, -0.2) is 34.7 Å². The fraction of sp³-hybridized carbons (Fsp3) is 0.250. The molecular formula is C16H15Cl2N3O4S. The van der Waals surface area contributed by atoms with Crippen molar-refractivity contribution in [2.75, 3.05) is 18.4 Å². The highest BCUT2D eigenvalue weighted by molar-refractivity contribution is 7.14. The van der Waals surface area contributed by atoms with Gasteiger partial charge in [-0.2, -0.15) is 0 Å². The van der Waals surface area contributed by atoms with Crippen LogP contribution in [0.2, 0.25) is 10.0 Å². The monoisotopic (exact) mass is 415 g/mol. The Morgan fingerprint density at radius 1 is 1.31 bits per heavy atom.